The van der Waals surface area contributed by atoms with Gasteiger partial charge in [0.15, 0.2) is 0 Å². The van der Waals surface area contributed by atoms with Gasteiger partial charge in [-0.2, -0.15) is 0 Å². The normalized spacial score (nSPS) is 12.4. The number of rotatable bonds is 4. The summed E-state index contributed by atoms with van der Waals surface area (Å²) < 4.78 is 0. The third-order valence-corrected chi connectivity index (χ3v) is 3.40. The van der Waals surface area contributed by atoms with Gasteiger partial charge in [0.25, 0.3) is 0 Å². The lowest BCUT2D eigenvalue weighted by molar-refractivity contribution is 0.617. The van der Waals surface area contributed by atoms with Gasteiger partial charge in [-0.3, -0.25) is 9.97 Å². The summed E-state index contributed by atoms with van der Waals surface area (Å²) in [6.45, 7) is 2.99. The summed E-state index contributed by atoms with van der Waals surface area (Å²) in [5.74, 6) is 0. The molecule has 3 nitrogen and oxygen atoms in total. The van der Waals surface area contributed by atoms with E-state index in [1.165, 1.54) is 10.9 Å². The Labute approximate surface area is 118 Å². The van der Waals surface area contributed by atoms with Crippen LogP contribution >= 0.6 is 0 Å². The lowest BCUT2D eigenvalue weighted by Gasteiger charge is -2.19. The molecule has 2 aromatic heterocycles. The van der Waals surface area contributed by atoms with Gasteiger partial charge < -0.3 is 5.32 Å². The van der Waals surface area contributed by atoms with Crippen molar-refractivity contribution in [2.24, 2.45) is 0 Å². The monoisotopic (exact) mass is 263 g/mol. The van der Waals surface area contributed by atoms with Crippen LogP contribution in [0.4, 0.5) is 0 Å². The van der Waals surface area contributed by atoms with Crippen molar-refractivity contribution in [3.8, 4) is 0 Å². The van der Waals surface area contributed by atoms with Crippen LogP contribution in [-0.4, -0.2) is 16.5 Å². The van der Waals surface area contributed by atoms with E-state index in [0.717, 1.165) is 17.6 Å². The number of fused-ring (bicyclic) bond motifs is 1. The van der Waals surface area contributed by atoms with E-state index >= 15 is 0 Å². The smallest absolute Gasteiger partial charge is 0.0772 e. The molecule has 2 heterocycles. The second kappa shape index (κ2) is 5.80. The highest BCUT2D eigenvalue weighted by Crippen LogP contribution is 2.26. The van der Waals surface area contributed by atoms with Crippen LogP contribution in [0, 0.1) is 0 Å². The molecule has 3 aromatic rings. The number of aromatic nitrogens is 2. The Morgan fingerprint density at radius 1 is 1.05 bits per heavy atom. The van der Waals surface area contributed by atoms with Gasteiger partial charge in [-0.25, -0.2) is 0 Å². The lowest BCUT2D eigenvalue weighted by Crippen LogP contribution is -2.23. The summed E-state index contributed by atoms with van der Waals surface area (Å²) in [5.41, 5.74) is 2.19. The summed E-state index contributed by atoms with van der Waals surface area (Å²) >= 11 is 0. The zero-order chi connectivity index (χ0) is 13.8. The third-order valence-electron chi connectivity index (χ3n) is 3.40. The molecular formula is C17H17N3. The summed E-state index contributed by atoms with van der Waals surface area (Å²) in [4.78, 5) is 8.86. The molecule has 1 N–H and O–H groups in total. The van der Waals surface area contributed by atoms with E-state index in [2.05, 4.69) is 46.5 Å². The Morgan fingerprint density at radius 2 is 1.90 bits per heavy atom. The van der Waals surface area contributed by atoms with Crippen molar-refractivity contribution in [2.45, 2.75) is 13.0 Å². The molecule has 0 radical (unpaired) electrons. The minimum atomic E-state index is 0.0693. The molecule has 0 fully saturated rings. The predicted molar refractivity (Wildman–Crippen MR) is 81.5 cm³/mol. The summed E-state index contributed by atoms with van der Waals surface area (Å²) in [5, 5.41) is 5.88. The number of nitrogens with one attached hydrogen (secondary N) is 1. The largest absolute Gasteiger partial charge is 0.305 e. The maximum absolute atomic E-state index is 4.49. The Balaban J connectivity index is 2.15. The van der Waals surface area contributed by atoms with Gasteiger partial charge in [0, 0.05) is 29.5 Å². The van der Waals surface area contributed by atoms with Gasteiger partial charge in [0.05, 0.1) is 11.7 Å². The topological polar surface area (TPSA) is 37.8 Å². The Morgan fingerprint density at radius 3 is 2.70 bits per heavy atom. The highest BCUT2D eigenvalue weighted by molar-refractivity contribution is 5.85. The van der Waals surface area contributed by atoms with Crippen molar-refractivity contribution in [2.75, 3.05) is 6.54 Å². The molecule has 0 amide bonds. The average Bonchev–Trinajstić information content (AvgIpc) is 2.53. The first-order valence-corrected chi connectivity index (χ1v) is 6.87. The fourth-order valence-corrected chi connectivity index (χ4v) is 2.49. The molecule has 3 rings (SSSR count). The van der Waals surface area contributed by atoms with E-state index in [-0.39, 0.29) is 6.04 Å². The number of nitrogens with zero attached hydrogens (tertiary/aromatic N) is 2. The first-order valence-electron chi connectivity index (χ1n) is 6.87. The first-order chi connectivity index (χ1) is 9.90. The molecule has 0 spiro atoms. The number of benzene rings is 1. The first kappa shape index (κ1) is 12.8. The van der Waals surface area contributed by atoms with Crippen molar-refractivity contribution in [1.29, 1.82) is 0 Å². The zero-order valence-corrected chi connectivity index (χ0v) is 11.5. The molecule has 1 unspecified atom stereocenters. The van der Waals surface area contributed by atoms with Crippen molar-refractivity contribution >= 4 is 10.8 Å². The van der Waals surface area contributed by atoms with E-state index in [1.807, 2.05) is 36.8 Å². The van der Waals surface area contributed by atoms with Crippen molar-refractivity contribution in [3.63, 3.8) is 0 Å². The quantitative estimate of drug-likeness (QED) is 0.784. The lowest BCUT2D eigenvalue weighted by atomic mass is 9.99. The van der Waals surface area contributed by atoms with E-state index < -0.39 is 0 Å². The molecule has 0 aliphatic rings. The van der Waals surface area contributed by atoms with E-state index in [9.17, 15) is 0 Å². The van der Waals surface area contributed by atoms with Crippen molar-refractivity contribution < 1.29 is 0 Å². The molecule has 20 heavy (non-hydrogen) atoms. The second-order valence-corrected chi connectivity index (χ2v) is 4.70. The molecule has 100 valence electrons. The van der Waals surface area contributed by atoms with Gasteiger partial charge in [0.1, 0.15) is 0 Å². The molecule has 0 bridgehead atoms. The van der Waals surface area contributed by atoms with Crippen LogP contribution in [0.2, 0.25) is 0 Å². The number of hydrogen-bond donors (Lipinski definition) is 1. The van der Waals surface area contributed by atoms with Crippen LogP contribution in [0.15, 0.2) is 61.1 Å². The van der Waals surface area contributed by atoms with Gasteiger partial charge in [0.2, 0.25) is 0 Å². The van der Waals surface area contributed by atoms with Crippen LogP contribution in [0.1, 0.15) is 24.2 Å². The number of pyridine rings is 2. The molecule has 3 heteroatoms. The van der Waals surface area contributed by atoms with E-state index in [0.29, 0.717) is 0 Å². The van der Waals surface area contributed by atoms with Gasteiger partial charge >= 0.3 is 0 Å². The summed E-state index contributed by atoms with van der Waals surface area (Å²) in [6, 6.07) is 14.4. The van der Waals surface area contributed by atoms with Gasteiger partial charge in [-0.05, 0) is 24.1 Å². The highest BCUT2D eigenvalue weighted by Gasteiger charge is 2.16. The highest BCUT2D eigenvalue weighted by atomic mass is 14.9. The molecule has 0 aliphatic heterocycles. The van der Waals surface area contributed by atoms with Crippen molar-refractivity contribution in [3.05, 3.63) is 72.3 Å². The maximum Gasteiger partial charge on any atom is 0.0772 e. The second-order valence-electron chi connectivity index (χ2n) is 4.70. The summed E-state index contributed by atoms with van der Waals surface area (Å²) in [6.07, 6.45) is 5.67. The van der Waals surface area contributed by atoms with E-state index in [4.69, 9.17) is 0 Å². The fourth-order valence-electron chi connectivity index (χ4n) is 2.49. The minimum Gasteiger partial charge on any atom is -0.305 e. The molecule has 0 saturated carbocycles. The maximum atomic E-state index is 4.49. The van der Waals surface area contributed by atoms with Crippen LogP contribution in [0.3, 0.4) is 0 Å². The van der Waals surface area contributed by atoms with Crippen LogP contribution in [0.5, 0.6) is 0 Å². The predicted octanol–water partition coefficient (Wildman–Crippen LogP) is 3.33. The molecule has 0 aliphatic carbocycles. The van der Waals surface area contributed by atoms with Crippen LogP contribution in [0.25, 0.3) is 10.8 Å². The Hall–Kier alpha value is -2.26. The van der Waals surface area contributed by atoms with Crippen LogP contribution in [-0.2, 0) is 0 Å². The molecular weight excluding hydrogens is 246 g/mol. The minimum absolute atomic E-state index is 0.0693. The molecule has 1 atom stereocenters. The third kappa shape index (κ3) is 2.40. The number of hydrogen-bond acceptors (Lipinski definition) is 3. The zero-order valence-electron chi connectivity index (χ0n) is 11.5. The Bertz CT molecular complexity index is 689. The summed E-state index contributed by atoms with van der Waals surface area (Å²) in [7, 11) is 0. The van der Waals surface area contributed by atoms with E-state index in [1.54, 1.807) is 0 Å². The van der Waals surface area contributed by atoms with Gasteiger partial charge in [-0.15, -0.1) is 0 Å². The molecule has 0 saturated heterocycles. The van der Waals surface area contributed by atoms with Crippen molar-refractivity contribution in [1.82, 2.24) is 15.3 Å². The average molecular weight is 263 g/mol. The standard InChI is InChI=1S/C17H17N3/c1-2-19-17(16-9-5-6-10-20-16)15-12-18-11-13-7-3-4-8-14(13)15/h3-12,17,19H,2H2,1H3. The Kier molecular flexibility index (Phi) is 3.70. The van der Waals surface area contributed by atoms with Gasteiger partial charge in [-0.1, -0.05) is 37.3 Å². The van der Waals surface area contributed by atoms with Crippen LogP contribution < -0.4 is 5.32 Å². The molecule has 1 aromatic carbocycles. The fraction of sp³-hybridized carbons (Fsp3) is 0.176. The SMILES string of the molecule is CCNC(c1ccccn1)c1cncc2ccccc12.